The fourth-order valence-electron chi connectivity index (χ4n) is 3.16. The van der Waals surface area contributed by atoms with Crippen molar-refractivity contribution in [1.82, 2.24) is 24.6 Å². The van der Waals surface area contributed by atoms with Crippen LogP contribution in [0.5, 0.6) is 0 Å². The van der Waals surface area contributed by atoms with Gasteiger partial charge in [0.25, 0.3) is 0 Å². The number of nitrogens with zero attached hydrogens (tertiary/aromatic N) is 5. The number of ether oxygens (including phenoxy) is 1. The van der Waals surface area contributed by atoms with E-state index in [9.17, 15) is 0 Å². The monoisotopic (exact) mass is 389 g/mol. The third-order valence-electron chi connectivity index (χ3n) is 4.52. The molecule has 1 fully saturated rings. The summed E-state index contributed by atoms with van der Waals surface area (Å²) in [5, 5.41) is 8.21. The second kappa shape index (κ2) is 7.84. The van der Waals surface area contributed by atoms with Crippen LogP contribution in [-0.2, 0) is 24.8 Å². The second-order valence-electron chi connectivity index (χ2n) is 6.34. The maximum atomic E-state index is 5.95. The molecule has 1 atom stereocenters. The maximum absolute atomic E-state index is 5.95. The molecule has 0 bridgehead atoms. The lowest BCUT2D eigenvalue weighted by atomic mass is 10.2. The predicted octanol–water partition coefficient (Wildman–Crippen LogP) is 3.09. The molecule has 8 heteroatoms. The van der Waals surface area contributed by atoms with Crippen molar-refractivity contribution < 1.29 is 4.74 Å². The molecule has 1 aliphatic heterocycles. The van der Waals surface area contributed by atoms with Gasteiger partial charge in [-0.25, -0.2) is 9.97 Å². The first kappa shape index (κ1) is 17.6. The molecule has 3 aromatic rings. The third kappa shape index (κ3) is 3.96. The number of benzene rings is 1. The zero-order valence-corrected chi connectivity index (χ0v) is 16.1. The van der Waals surface area contributed by atoms with Gasteiger partial charge in [-0.05, 0) is 17.7 Å². The minimum absolute atomic E-state index is 0.109. The number of rotatable bonds is 5. The van der Waals surface area contributed by atoms with Crippen molar-refractivity contribution in [3.8, 4) is 0 Å². The summed E-state index contributed by atoms with van der Waals surface area (Å²) in [4.78, 5) is 11.6. The predicted molar refractivity (Wildman–Crippen MR) is 101 cm³/mol. The second-order valence-corrected chi connectivity index (χ2v) is 7.72. The number of hydrogen-bond acceptors (Lipinski definition) is 6. The van der Waals surface area contributed by atoms with E-state index in [0.29, 0.717) is 6.61 Å². The molecule has 1 saturated heterocycles. The summed E-state index contributed by atoms with van der Waals surface area (Å²) < 4.78 is 7.49. The normalized spacial score (nSPS) is 18.3. The Morgan fingerprint density at radius 3 is 2.92 bits per heavy atom. The molecule has 6 nitrogen and oxygen atoms in total. The van der Waals surface area contributed by atoms with Gasteiger partial charge in [-0.15, -0.1) is 11.3 Å². The molecule has 0 N–H and O–H groups in total. The zero-order valence-electron chi connectivity index (χ0n) is 14.5. The van der Waals surface area contributed by atoms with E-state index in [1.807, 2.05) is 23.9 Å². The Hall–Kier alpha value is -1.80. The third-order valence-corrected chi connectivity index (χ3v) is 5.67. The number of thiazole rings is 1. The summed E-state index contributed by atoms with van der Waals surface area (Å²) in [6.45, 7) is 3.02. The standard InChI is InChI=1S/C18H20ClN5OS/c1-23-18(20-12-21-23)16-10-25-7-6-24(16)9-15-11-26-17(22-15)8-13-2-4-14(19)5-3-13/h2-5,11-12,16H,6-10H2,1H3. The van der Waals surface area contributed by atoms with Gasteiger partial charge in [0.05, 0.1) is 30.0 Å². The van der Waals surface area contributed by atoms with Crippen LogP contribution in [0.2, 0.25) is 5.02 Å². The SMILES string of the molecule is Cn1ncnc1C1COCCN1Cc1csc(Cc2ccc(Cl)cc2)n1. The van der Waals surface area contributed by atoms with Crippen LogP contribution >= 0.6 is 22.9 Å². The molecule has 4 rings (SSSR count). The van der Waals surface area contributed by atoms with Crippen LogP contribution in [-0.4, -0.2) is 44.4 Å². The van der Waals surface area contributed by atoms with Gasteiger partial charge < -0.3 is 4.74 Å². The Kier molecular flexibility index (Phi) is 5.31. The van der Waals surface area contributed by atoms with Gasteiger partial charge in [0.2, 0.25) is 0 Å². The van der Waals surface area contributed by atoms with Crippen LogP contribution in [0.3, 0.4) is 0 Å². The van der Waals surface area contributed by atoms with Crippen LogP contribution in [0.1, 0.15) is 28.1 Å². The molecule has 1 aromatic carbocycles. The van der Waals surface area contributed by atoms with Gasteiger partial charge in [-0.2, -0.15) is 5.10 Å². The summed E-state index contributed by atoms with van der Waals surface area (Å²) in [5.41, 5.74) is 2.31. The van der Waals surface area contributed by atoms with Gasteiger partial charge >= 0.3 is 0 Å². The molecule has 1 aliphatic rings. The topological polar surface area (TPSA) is 56.1 Å². The highest BCUT2D eigenvalue weighted by Gasteiger charge is 2.28. The molecule has 1 unspecified atom stereocenters. The van der Waals surface area contributed by atoms with E-state index in [-0.39, 0.29) is 6.04 Å². The molecule has 0 amide bonds. The van der Waals surface area contributed by atoms with Crippen molar-refractivity contribution in [3.63, 3.8) is 0 Å². The fraction of sp³-hybridized carbons (Fsp3) is 0.389. The Labute approximate surface area is 161 Å². The number of morpholine rings is 1. The van der Waals surface area contributed by atoms with Crippen molar-refractivity contribution in [2.75, 3.05) is 19.8 Å². The van der Waals surface area contributed by atoms with E-state index in [2.05, 4.69) is 32.5 Å². The number of aryl methyl sites for hydroxylation is 1. The summed E-state index contributed by atoms with van der Waals surface area (Å²) in [5.74, 6) is 0.932. The van der Waals surface area contributed by atoms with E-state index in [0.717, 1.165) is 47.7 Å². The fourth-order valence-corrected chi connectivity index (χ4v) is 4.10. The molecular formula is C18H20ClN5OS. The molecule has 136 valence electrons. The Morgan fingerprint density at radius 2 is 2.15 bits per heavy atom. The summed E-state index contributed by atoms with van der Waals surface area (Å²) in [6.07, 6.45) is 2.42. The first-order chi connectivity index (χ1) is 12.7. The molecule has 2 aromatic heterocycles. The van der Waals surface area contributed by atoms with E-state index < -0.39 is 0 Å². The summed E-state index contributed by atoms with van der Waals surface area (Å²) >= 11 is 7.66. The maximum Gasteiger partial charge on any atom is 0.146 e. The lowest BCUT2D eigenvalue weighted by Crippen LogP contribution is -2.40. The van der Waals surface area contributed by atoms with E-state index in [1.165, 1.54) is 5.56 Å². The average Bonchev–Trinajstić information content (AvgIpc) is 3.26. The Balaban J connectivity index is 1.45. The van der Waals surface area contributed by atoms with Gasteiger partial charge in [-0.1, -0.05) is 23.7 Å². The summed E-state index contributed by atoms with van der Waals surface area (Å²) in [7, 11) is 1.92. The van der Waals surface area contributed by atoms with Crippen LogP contribution in [0.4, 0.5) is 0 Å². The zero-order chi connectivity index (χ0) is 17.9. The van der Waals surface area contributed by atoms with Crippen LogP contribution < -0.4 is 0 Å². The van der Waals surface area contributed by atoms with E-state index >= 15 is 0 Å². The highest BCUT2D eigenvalue weighted by atomic mass is 35.5. The minimum atomic E-state index is 0.109. The minimum Gasteiger partial charge on any atom is -0.378 e. The van der Waals surface area contributed by atoms with Crippen molar-refractivity contribution in [2.45, 2.75) is 19.0 Å². The van der Waals surface area contributed by atoms with Crippen LogP contribution in [0, 0.1) is 0 Å². The van der Waals surface area contributed by atoms with E-state index in [1.54, 1.807) is 17.7 Å². The van der Waals surface area contributed by atoms with Gasteiger partial charge in [-0.3, -0.25) is 9.58 Å². The largest absolute Gasteiger partial charge is 0.378 e. The first-order valence-electron chi connectivity index (χ1n) is 8.52. The van der Waals surface area contributed by atoms with Gasteiger partial charge in [0, 0.05) is 37.0 Å². The Morgan fingerprint density at radius 1 is 1.31 bits per heavy atom. The number of aromatic nitrogens is 4. The van der Waals surface area contributed by atoms with Crippen molar-refractivity contribution >= 4 is 22.9 Å². The molecule has 0 aliphatic carbocycles. The van der Waals surface area contributed by atoms with Crippen molar-refractivity contribution in [2.24, 2.45) is 7.05 Å². The van der Waals surface area contributed by atoms with Gasteiger partial charge in [0.1, 0.15) is 12.2 Å². The highest BCUT2D eigenvalue weighted by Crippen LogP contribution is 2.25. The Bertz CT molecular complexity index is 863. The first-order valence-corrected chi connectivity index (χ1v) is 9.78. The van der Waals surface area contributed by atoms with Crippen molar-refractivity contribution in [1.29, 1.82) is 0 Å². The molecule has 3 heterocycles. The van der Waals surface area contributed by atoms with Crippen LogP contribution in [0.15, 0.2) is 36.0 Å². The smallest absolute Gasteiger partial charge is 0.146 e. The number of hydrogen-bond donors (Lipinski definition) is 0. The summed E-state index contributed by atoms with van der Waals surface area (Å²) in [6, 6.07) is 8.05. The molecule has 0 saturated carbocycles. The lowest BCUT2D eigenvalue weighted by Gasteiger charge is -2.34. The molecule has 26 heavy (non-hydrogen) atoms. The van der Waals surface area contributed by atoms with E-state index in [4.69, 9.17) is 21.3 Å². The van der Waals surface area contributed by atoms with Crippen LogP contribution in [0.25, 0.3) is 0 Å². The quantitative estimate of drug-likeness (QED) is 0.671. The molecule has 0 spiro atoms. The average molecular weight is 390 g/mol. The molecular weight excluding hydrogens is 370 g/mol. The highest BCUT2D eigenvalue weighted by molar-refractivity contribution is 7.09. The number of halogens is 1. The molecule has 0 radical (unpaired) electrons. The van der Waals surface area contributed by atoms with Gasteiger partial charge in [0.15, 0.2) is 0 Å². The van der Waals surface area contributed by atoms with Crippen molar-refractivity contribution in [3.05, 3.63) is 63.1 Å². The lowest BCUT2D eigenvalue weighted by molar-refractivity contribution is -0.0176.